The summed E-state index contributed by atoms with van der Waals surface area (Å²) in [5.74, 6) is 0.838. The number of nitrogens with zero attached hydrogens (tertiary/aromatic N) is 1. The molecule has 1 saturated heterocycles. The fraction of sp³-hybridized carbons (Fsp3) is 0.917. The van der Waals surface area contributed by atoms with Crippen molar-refractivity contribution in [3.8, 4) is 0 Å². The zero-order chi connectivity index (χ0) is 11.6. The van der Waals surface area contributed by atoms with Crippen LogP contribution in [-0.2, 0) is 4.79 Å². The van der Waals surface area contributed by atoms with E-state index >= 15 is 0 Å². The number of nitrogens with two attached hydrogens (primary N) is 1. The number of hydrogen-bond acceptors (Lipinski definition) is 3. The van der Waals surface area contributed by atoms with Crippen LogP contribution in [0.3, 0.4) is 0 Å². The van der Waals surface area contributed by atoms with Gasteiger partial charge in [0, 0.05) is 6.54 Å². The van der Waals surface area contributed by atoms with Gasteiger partial charge in [0.05, 0.1) is 5.54 Å². The van der Waals surface area contributed by atoms with E-state index in [1.165, 1.54) is 25.9 Å². The molecule has 108 valence electrons. The molecule has 1 saturated carbocycles. The molecule has 2 fully saturated rings. The number of likely N-dealkylation sites (tertiary alicyclic amines) is 1. The maximum atomic E-state index is 11.6. The lowest BCUT2D eigenvalue weighted by Crippen LogP contribution is -2.43. The highest BCUT2D eigenvalue weighted by Crippen LogP contribution is 2.32. The molecular weight excluding hydrogens is 273 g/mol. The first-order chi connectivity index (χ1) is 7.60. The van der Waals surface area contributed by atoms with E-state index < -0.39 is 5.54 Å². The van der Waals surface area contributed by atoms with Crippen LogP contribution < -0.4 is 11.1 Å². The zero-order valence-corrected chi connectivity index (χ0v) is 12.6. The van der Waals surface area contributed by atoms with Crippen molar-refractivity contribution in [2.24, 2.45) is 11.7 Å². The van der Waals surface area contributed by atoms with Crippen LogP contribution in [0.25, 0.3) is 0 Å². The third-order valence-corrected chi connectivity index (χ3v) is 3.92. The van der Waals surface area contributed by atoms with Crippen molar-refractivity contribution in [1.82, 2.24) is 10.2 Å². The van der Waals surface area contributed by atoms with Crippen molar-refractivity contribution in [2.75, 3.05) is 26.7 Å². The lowest BCUT2D eigenvalue weighted by Gasteiger charge is -2.29. The molecular formula is C12H25Cl2N3O. The highest BCUT2D eigenvalue weighted by molar-refractivity contribution is 5.88. The fourth-order valence-electron chi connectivity index (χ4n) is 2.28. The van der Waals surface area contributed by atoms with Crippen LogP contribution in [0.2, 0.25) is 0 Å². The van der Waals surface area contributed by atoms with Gasteiger partial charge in [-0.1, -0.05) is 0 Å². The van der Waals surface area contributed by atoms with E-state index in [4.69, 9.17) is 5.73 Å². The molecule has 2 aliphatic rings. The molecule has 18 heavy (non-hydrogen) atoms. The highest BCUT2D eigenvalue weighted by atomic mass is 35.5. The average Bonchev–Trinajstić information content (AvgIpc) is 3.01. The first kappa shape index (κ1) is 18.0. The summed E-state index contributed by atoms with van der Waals surface area (Å²) in [5.41, 5.74) is 5.30. The first-order valence-electron chi connectivity index (χ1n) is 6.36. The van der Waals surface area contributed by atoms with Gasteiger partial charge in [-0.2, -0.15) is 0 Å². The Balaban J connectivity index is 0.00000144. The average molecular weight is 298 g/mol. The van der Waals surface area contributed by atoms with Gasteiger partial charge in [0.15, 0.2) is 0 Å². The molecule has 3 N–H and O–H groups in total. The molecule has 0 aromatic carbocycles. The Morgan fingerprint density at radius 1 is 1.33 bits per heavy atom. The third-order valence-electron chi connectivity index (χ3n) is 3.92. The molecule has 0 unspecified atom stereocenters. The van der Waals surface area contributed by atoms with Crippen LogP contribution in [0.4, 0.5) is 0 Å². The summed E-state index contributed by atoms with van der Waals surface area (Å²) in [5, 5.41) is 2.97. The Morgan fingerprint density at radius 3 is 2.39 bits per heavy atom. The van der Waals surface area contributed by atoms with Crippen molar-refractivity contribution in [3.05, 3.63) is 0 Å². The van der Waals surface area contributed by atoms with Gasteiger partial charge in [0.25, 0.3) is 0 Å². The minimum atomic E-state index is -0.507. The standard InChI is InChI=1S/C12H23N3O.2ClH/c1-15-8-3-10(4-9-15)2-7-14-11(16)12(13)5-6-12;;/h10H,2-9,13H2,1H3,(H,14,16);2*1H. The number of hydrogen-bond donors (Lipinski definition) is 2. The monoisotopic (exact) mass is 297 g/mol. The van der Waals surface area contributed by atoms with E-state index in [-0.39, 0.29) is 30.7 Å². The number of amides is 1. The van der Waals surface area contributed by atoms with E-state index in [0.29, 0.717) is 0 Å². The summed E-state index contributed by atoms with van der Waals surface area (Å²) in [7, 11) is 2.17. The number of rotatable bonds is 4. The Labute approximate surface area is 122 Å². The molecule has 0 aromatic rings. The van der Waals surface area contributed by atoms with E-state index in [1.54, 1.807) is 0 Å². The van der Waals surface area contributed by atoms with Crippen LogP contribution in [0.15, 0.2) is 0 Å². The lowest BCUT2D eigenvalue weighted by atomic mass is 9.94. The predicted molar refractivity (Wildman–Crippen MR) is 78.5 cm³/mol. The molecule has 1 aliphatic heterocycles. The first-order valence-corrected chi connectivity index (χ1v) is 6.36. The molecule has 6 heteroatoms. The second-order valence-electron chi connectivity index (χ2n) is 5.45. The Bertz CT molecular complexity index is 264. The summed E-state index contributed by atoms with van der Waals surface area (Å²) in [6.45, 7) is 3.19. The van der Waals surface area contributed by atoms with Crippen LogP contribution in [0, 0.1) is 5.92 Å². The van der Waals surface area contributed by atoms with Crippen LogP contribution in [0.5, 0.6) is 0 Å². The Kier molecular flexibility index (Phi) is 7.52. The summed E-state index contributed by atoms with van der Waals surface area (Å²) < 4.78 is 0. The number of carbonyl (C=O) groups is 1. The third kappa shape index (κ3) is 4.92. The largest absolute Gasteiger partial charge is 0.354 e. The highest BCUT2D eigenvalue weighted by Gasteiger charge is 2.45. The van der Waals surface area contributed by atoms with Crippen molar-refractivity contribution < 1.29 is 4.79 Å². The molecule has 0 aromatic heterocycles. The van der Waals surface area contributed by atoms with E-state index in [1.807, 2.05) is 0 Å². The van der Waals surface area contributed by atoms with Gasteiger partial charge in [-0.25, -0.2) is 0 Å². The molecule has 0 bridgehead atoms. The Morgan fingerprint density at radius 2 is 1.89 bits per heavy atom. The Hall–Kier alpha value is -0.0300. The molecule has 2 rings (SSSR count). The lowest BCUT2D eigenvalue weighted by molar-refractivity contribution is -0.123. The molecule has 0 spiro atoms. The summed E-state index contributed by atoms with van der Waals surface area (Å²) in [6.07, 6.45) is 5.34. The molecule has 1 amide bonds. The van der Waals surface area contributed by atoms with Crippen molar-refractivity contribution >= 4 is 30.7 Å². The molecule has 1 aliphatic carbocycles. The summed E-state index contributed by atoms with van der Waals surface area (Å²) >= 11 is 0. The number of halogens is 2. The maximum Gasteiger partial charge on any atom is 0.240 e. The fourth-order valence-corrected chi connectivity index (χ4v) is 2.28. The second-order valence-corrected chi connectivity index (χ2v) is 5.45. The number of nitrogens with one attached hydrogen (secondary N) is 1. The van der Waals surface area contributed by atoms with E-state index in [0.717, 1.165) is 31.7 Å². The van der Waals surface area contributed by atoms with Gasteiger partial charge in [0.2, 0.25) is 5.91 Å². The van der Waals surface area contributed by atoms with Gasteiger partial charge in [0.1, 0.15) is 0 Å². The van der Waals surface area contributed by atoms with Gasteiger partial charge in [-0.15, -0.1) is 24.8 Å². The zero-order valence-electron chi connectivity index (χ0n) is 11.0. The SMILES string of the molecule is CN1CCC(CCNC(=O)C2(N)CC2)CC1.Cl.Cl. The van der Waals surface area contributed by atoms with Gasteiger partial charge in [-0.3, -0.25) is 4.79 Å². The minimum absolute atomic E-state index is 0. The molecule has 4 nitrogen and oxygen atoms in total. The molecule has 0 atom stereocenters. The molecule has 0 radical (unpaired) electrons. The quantitative estimate of drug-likeness (QED) is 0.819. The smallest absolute Gasteiger partial charge is 0.240 e. The molecule has 1 heterocycles. The van der Waals surface area contributed by atoms with Crippen LogP contribution in [-0.4, -0.2) is 43.0 Å². The topological polar surface area (TPSA) is 58.4 Å². The van der Waals surface area contributed by atoms with Crippen molar-refractivity contribution in [2.45, 2.75) is 37.6 Å². The van der Waals surface area contributed by atoms with Gasteiger partial charge < -0.3 is 16.0 Å². The van der Waals surface area contributed by atoms with Crippen molar-refractivity contribution in [1.29, 1.82) is 0 Å². The second kappa shape index (κ2) is 7.53. The van der Waals surface area contributed by atoms with Crippen LogP contribution >= 0.6 is 24.8 Å². The summed E-state index contributed by atoms with van der Waals surface area (Å²) in [4.78, 5) is 13.9. The van der Waals surface area contributed by atoms with E-state index in [9.17, 15) is 4.79 Å². The minimum Gasteiger partial charge on any atom is -0.354 e. The maximum absolute atomic E-state index is 11.6. The van der Waals surface area contributed by atoms with Gasteiger partial charge in [-0.05, 0) is 58.2 Å². The summed E-state index contributed by atoms with van der Waals surface area (Å²) in [6, 6.07) is 0. The number of piperidine rings is 1. The van der Waals surface area contributed by atoms with Gasteiger partial charge >= 0.3 is 0 Å². The predicted octanol–water partition coefficient (Wildman–Crippen LogP) is 1.17. The van der Waals surface area contributed by atoms with Crippen molar-refractivity contribution in [3.63, 3.8) is 0 Å². The van der Waals surface area contributed by atoms with E-state index in [2.05, 4.69) is 17.3 Å². The normalized spacial score (nSPS) is 22.6. The van der Waals surface area contributed by atoms with Crippen LogP contribution in [0.1, 0.15) is 32.1 Å². The number of carbonyl (C=O) groups excluding carboxylic acids is 1.